The summed E-state index contributed by atoms with van der Waals surface area (Å²) in [4.78, 5) is 0. The number of halogens is 6. The van der Waals surface area contributed by atoms with Crippen molar-refractivity contribution in [3.8, 4) is 18.2 Å². The third-order valence-electron chi connectivity index (χ3n) is 2.98. The number of aliphatic hydroxyl groups is 1. The van der Waals surface area contributed by atoms with E-state index in [9.17, 15) is 31.4 Å². The first-order valence-corrected chi connectivity index (χ1v) is 6.11. The molecule has 0 bridgehead atoms. The highest BCUT2D eigenvalue weighted by Gasteiger charge is 2.72. The van der Waals surface area contributed by atoms with Gasteiger partial charge in [-0.15, -0.1) is 0 Å². The van der Waals surface area contributed by atoms with Crippen molar-refractivity contribution in [2.75, 3.05) is 5.32 Å². The van der Waals surface area contributed by atoms with Gasteiger partial charge in [0.15, 0.2) is 5.57 Å². The van der Waals surface area contributed by atoms with Crippen LogP contribution < -0.4 is 5.32 Å². The van der Waals surface area contributed by atoms with Crippen LogP contribution in [0.25, 0.3) is 0 Å². The van der Waals surface area contributed by atoms with Gasteiger partial charge in [-0.25, -0.2) is 0 Å². The number of para-hydroxylation sites is 1. The van der Waals surface area contributed by atoms with E-state index in [1.165, 1.54) is 18.2 Å². The van der Waals surface area contributed by atoms with E-state index in [1.54, 1.807) is 0 Å². The molecule has 0 atom stereocenters. The maximum Gasteiger partial charge on any atom is 0.430 e. The molecular weight excluding hydrogens is 354 g/mol. The van der Waals surface area contributed by atoms with E-state index < -0.39 is 40.5 Å². The highest BCUT2D eigenvalue weighted by Crippen LogP contribution is 2.51. The molecule has 0 spiro atoms. The number of nitrogens with zero attached hydrogens (tertiary/aromatic N) is 3. The molecule has 2 N–H and O–H groups in total. The summed E-state index contributed by atoms with van der Waals surface area (Å²) in [5.74, 6) is 0. The number of hydrogen-bond donors (Lipinski definition) is 2. The van der Waals surface area contributed by atoms with Crippen molar-refractivity contribution in [2.45, 2.75) is 18.0 Å². The quantitative estimate of drug-likeness (QED) is 0.636. The molecule has 0 saturated carbocycles. The molecular formula is C14H6F6N4O. The molecule has 0 unspecified atom stereocenters. The van der Waals surface area contributed by atoms with E-state index in [4.69, 9.17) is 15.8 Å². The normalized spacial score (nSPS) is 11.7. The number of nitrogens with one attached hydrogen (secondary N) is 1. The number of alkyl halides is 6. The molecule has 0 heterocycles. The molecule has 0 aromatic heterocycles. The molecule has 0 saturated heterocycles. The number of anilines is 1. The number of hydrogen-bond acceptors (Lipinski definition) is 5. The lowest BCUT2D eigenvalue weighted by atomic mass is 9.90. The summed E-state index contributed by atoms with van der Waals surface area (Å²) >= 11 is 0. The zero-order chi connectivity index (χ0) is 19.5. The fraction of sp³-hybridized carbons (Fsp3) is 0.214. The predicted molar refractivity (Wildman–Crippen MR) is 69.9 cm³/mol. The largest absolute Gasteiger partial charge is 0.430 e. The Morgan fingerprint density at radius 3 is 1.76 bits per heavy atom. The lowest BCUT2D eigenvalue weighted by Crippen LogP contribution is -2.54. The van der Waals surface area contributed by atoms with E-state index in [0.29, 0.717) is 6.07 Å². The van der Waals surface area contributed by atoms with Gasteiger partial charge in [-0.05, 0) is 6.07 Å². The van der Waals surface area contributed by atoms with E-state index >= 15 is 0 Å². The van der Waals surface area contributed by atoms with Crippen molar-refractivity contribution in [2.24, 2.45) is 0 Å². The Kier molecular flexibility index (Phi) is 5.32. The van der Waals surface area contributed by atoms with Crippen LogP contribution >= 0.6 is 0 Å². The Balaban J connectivity index is 3.69. The molecule has 0 aliphatic heterocycles. The Labute approximate surface area is 136 Å². The Bertz CT molecular complexity index is 790. The number of nitriles is 3. The van der Waals surface area contributed by atoms with Crippen LogP contribution in [0.3, 0.4) is 0 Å². The van der Waals surface area contributed by atoms with E-state index in [1.807, 2.05) is 5.32 Å². The summed E-state index contributed by atoms with van der Waals surface area (Å²) in [5.41, 5.74) is -9.55. The minimum Gasteiger partial charge on any atom is -0.369 e. The zero-order valence-corrected chi connectivity index (χ0v) is 11.9. The summed E-state index contributed by atoms with van der Waals surface area (Å²) < 4.78 is 78.0. The van der Waals surface area contributed by atoms with Gasteiger partial charge in [0.25, 0.3) is 5.60 Å². The second-order valence-electron chi connectivity index (χ2n) is 4.46. The van der Waals surface area contributed by atoms with Crippen molar-refractivity contribution in [3.05, 3.63) is 41.1 Å². The number of benzene rings is 1. The first kappa shape index (κ1) is 19.8. The van der Waals surface area contributed by atoms with E-state index in [2.05, 4.69) is 0 Å². The Morgan fingerprint density at radius 1 is 0.880 bits per heavy atom. The second kappa shape index (κ2) is 6.71. The molecule has 1 aromatic rings. The maximum absolute atomic E-state index is 13.0. The van der Waals surface area contributed by atoms with Crippen molar-refractivity contribution in [3.63, 3.8) is 0 Å². The maximum atomic E-state index is 13.0. The minimum absolute atomic E-state index is 0.358. The van der Waals surface area contributed by atoms with Crippen LogP contribution in [0.2, 0.25) is 0 Å². The summed E-state index contributed by atoms with van der Waals surface area (Å²) in [7, 11) is 0. The van der Waals surface area contributed by atoms with Gasteiger partial charge in [0, 0.05) is 11.3 Å². The molecule has 11 heteroatoms. The average molecular weight is 360 g/mol. The van der Waals surface area contributed by atoms with Gasteiger partial charge >= 0.3 is 12.4 Å². The third kappa shape index (κ3) is 3.49. The monoisotopic (exact) mass is 360 g/mol. The molecule has 25 heavy (non-hydrogen) atoms. The van der Waals surface area contributed by atoms with Crippen molar-refractivity contribution in [1.82, 2.24) is 0 Å². The molecule has 5 nitrogen and oxygen atoms in total. The zero-order valence-electron chi connectivity index (χ0n) is 11.9. The van der Waals surface area contributed by atoms with Crippen LogP contribution in [0.5, 0.6) is 0 Å². The summed E-state index contributed by atoms with van der Waals surface area (Å²) in [6.07, 6.45) is -12.3. The lowest BCUT2D eigenvalue weighted by molar-refractivity contribution is -0.376. The highest BCUT2D eigenvalue weighted by atomic mass is 19.4. The van der Waals surface area contributed by atoms with E-state index in [-0.39, 0.29) is 0 Å². The van der Waals surface area contributed by atoms with Crippen LogP contribution in [-0.2, 0) is 5.60 Å². The molecule has 0 radical (unpaired) electrons. The van der Waals surface area contributed by atoms with Gasteiger partial charge in [0.2, 0.25) is 0 Å². The molecule has 1 rings (SSSR count). The van der Waals surface area contributed by atoms with Gasteiger partial charge < -0.3 is 10.4 Å². The fourth-order valence-electron chi connectivity index (χ4n) is 1.79. The fourth-order valence-corrected chi connectivity index (χ4v) is 1.79. The molecule has 1 aromatic carbocycles. The molecule has 0 amide bonds. The van der Waals surface area contributed by atoms with Gasteiger partial charge in [-0.2, -0.15) is 42.1 Å². The molecule has 130 valence electrons. The van der Waals surface area contributed by atoms with Crippen LogP contribution in [0.1, 0.15) is 5.56 Å². The Morgan fingerprint density at radius 2 is 1.36 bits per heavy atom. The Hall–Kier alpha value is -3.23. The van der Waals surface area contributed by atoms with Crippen molar-refractivity contribution in [1.29, 1.82) is 15.8 Å². The highest BCUT2D eigenvalue weighted by molar-refractivity contribution is 5.63. The van der Waals surface area contributed by atoms with E-state index in [0.717, 1.165) is 18.2 Å². The SMILES string of the molecule is N#CC(C#N)=C(C#N)Nc1ccccc1C(O)(C(F)(F)F)C(F)(F)F. The molecule has 0 aliphatic carbocycles. The first-order chi connectivity index (χ1) is 11.4. The lowest BCUT2D eigenvalue weighted by Gasteiger charge is -2.34. The van der Waals surface area contributed by atoms with Crippen molar-refractivity contribution >= 4 is 5.69 Å². The molecule has 0 aliphatic rings. The summed E-state index contributed by atoms with van der Waals surface area (Å²) in [6, 6.07) is 6.75. The number of rotatable bonds is 3. The third-order valence-corrected chi connectivity index (χ3v) is 2.98. The van der Waals surface area contributed by atoms with Crippen LogP contribution in [-0.4, -0.2) is 17.5 Å². The predicted octanol–water partition coefficient (Wildman–Crippen LogP) is 3.24. The standard InChI is InChI=1S/C14H6F6N4O/c15-13(16,17)12(25,14(18,19)20)9-3-1-2-4-10(9)24-11(7-23)8(5-21)6-22/h1-4,24-25H. The van der Waals surface area contributed by atoms with Gasteiger partial charge in [0.1, 0.15) is 23.9 Å². The smallest absolute Gasteiger partial charge is 0.369 e. The average Bonchev–Trinajstić information content (AvgIpc) is 2.52. The second-order valence-corrected chi connectivity index (χ2v) is 4.46. The number of allylic oxidation sites excluding steroid dienone is 2. The van der Waals surface area contributed by atoms with Crippen LogP contribution in [0, 0.1) is 34.0 Å². The van der Waals surface area contributed by atoms with Gasteiger partial charge in [-0.3, -0.25) is 0 Å². The topological polar surface area (TPSA) is 104 Å². The van der Waals surface area contributed by atoms with Gasteiger partial charge in [-0.1, -0.05) is 18.2 Å². The summed E-state index contributed by atoms with van der Waals surface area (Å²) in [5, 5.41) is 37.5. The molecule has 0 fully saturated rings. The van der Waals surface area contributed by atoms with Crippen LogP contribution in [0.4, 0.5) is 32.0 Å². The summed E-state index contributed by atoms with van der Waals surface area (Å²) in [6.45, 7) is 0. The first-order valence-electron chi connectivity index (χ1n) is 6.11. The minimum atomic E-state index is -6.13. The van der Waals surface area contributed by atoms with Crippen LogP contribution in [0.15, 0.2) is 35.5 Å². The van der Waals surface area contributed by atoms with Gasteiger partial charge in [0.05, 0.1) is 0 Å². The van der Waals surface area contributed by atoms with Crippen molar-refractivity contribution < 1.29 is 31.4 Å².